The fourth-order valence-electron chi connectivity index (χ4n) is 3.94. The molecule has 2 aromatic carbocycles. The number of benzene rings is 2. The average Bonchev–Trinajstić information content (AvgIpc) is 3.31. The monoisotopic (exact) mass is 449 g/mol. The Bertz CT molecular complexity index is 1180. The largest absolute Gasteiger partial charge is 0.369 e. The van der Waals surface area contributed by atoms with E-state index in [1.807, 2.05) is 24.5 Å². The molecule has 0 saturated carbocycles. The number of nitrogens with one attached hydrogen (secondary N) is 1. The van der Waals surface area contributed by atoms with Crippen LogP contribution in [0.2, 0.25) is 0 Å². The van der Waals surface area contributed by atoms with Crippen LogP contribution in [-0.2, 0) is 11.3 Å². The molecule has 0 atom stereocenters. The van der Waals surface area contributed by atoms with E-state index in [0.29, 0.717) is 9.23 Å². The topological polar surface area (TPSA) is 53.4 Å². The fraction of sp³-hybridized carbons (Fsp3) is 0.261. The molecule has 2 aliphatic heterocycles. The van der Waals surface area contributed by atoms with E-state index in [1.54, 1.807) is 0 Å². The van der Waals surface area contributed by atoms with Gasteiger partial charge >= 0.3 is 0 Å². The molecule has 6 nitrogen and oxygen atoms in total. The number of rotatable bonds is 4. The molecular weight excluding hydrogens is 426 g/mol. The highest BCUT2D eigenvalue weighted by Gasteiger charge is 2.22. The summed E-state index contributed by atoms with van der Waals surface area (Å²) in [6.45, 7) is 5.10. The van der Waals surface area contributed by atoms with Gasteiger partial charge < -0.3 is 19.7 Å². The van der Waals surface area contributed by atoms with E-state index in [-0.39, 0.29) is 5.91 Å². The Morgan fingerprint density at radius 2 is 1.90 bits per heavy atom. The van der Waals surface area contributed by atoms with Crippen LogP contribution in [0.15, 0.2) is 53.7 Å². The summed E-state index contributed by atoms with van der Waals surface area (Å²) >= 11 is 6.37. The molecule has 2 fully saturated rings. The number of nitrogens with zero attached hydrogens (tertiary/aromatic N) is 4. The smallest absolute Gasteiger partial charge is 0.263 e. The van der Waals surface area contributed by atoms with Gasteiger partial charge in [0.25, 0.3) is 5.91 Å². The Balaban J connectivity index is 1.35. The summed E-state index contributed by atoms with van der Waals surface area (Å²) in [5, 5.41) is 2.66. The summed E-state index contributed by atoms with van der Waals surface area (Å²) in [4.78, 5) is 21.9. The van der Waals surface area contributed by atoms with Gasteiger partial charge in [-0.3, -0.25) is 4.79 Å². The molecule has 3 heterocycles. The van der Waals surface area contributed by atoms with Crippen LogP contribution in [0.4, 0.5) is 5.69 Å². The molecule has 2 aliphatic rings. The zero-order valence-corrected chi connectivity index (χ0v) is 18.9. The van der Waals surface area contributed by atoms with Crippen molar-refractivity contribution in [2.24, 2.45) is 0 Å². The van der Waals surface area contributed by atoms with Crippen molar-refractivity contribution in [3.05, 3.63) is 64.8 Å². The van der Waals surface area contributed by atoms with Crippen molar-refractivity contribution < 1.29 is 4.79 Å². The van der Waals surface area contributed by atoms with Crippen molar-refractivity contribution in [2.45, 2.75) is 6.54 Å². The van der Waals surface area contributed by atoms with Crippen LogP contribution < -0.4 is 10.2 Å². The molecule has 1 aromatic heterocycles. The lowest BCUT2D eigenvalue weighted by Crippen LogP contribution is -2.44. The highest BCUT2D eigenvalue weighted by Crippen LogP contribution is 2.27. The van der Waals surface area contributed by atoms with Gasteiger partial charge in [-0.25, -0.2) is 4.98 Å². The lowest BCUT2D eigenvalue weighted by atomic mass is 10.1. The maximum absolute atomic E-state index is 12.0. The number of thioether (sulfide) groups is 1. The first-order valence-electron chi connectivity index (χ1n) is 10.3. The maximum Gasteiger partial charge on any atom is 0.263 e. The number of hydrogen-bond acceptors (Lipinski definition) is 6. The molecule has 8 heteroatoms. The number of piperazine rings is 1. The predicted molar refractivity (Wildman–Crippen MR) is 131 cm³/mol. The molecule has 0 aliphatic carbocycles. The first-order chi connectivity index (χ1) is 15.0. The maximum atomic E-state index is 12.0. The number of anilines is 1. The molecule has 5 rings (SSSR count). The molecule has 158 valence electrons. The van der Waals surface area contributed by atoms with E-state index in [4.69, 9.17) is 12.2 Å². The quantitative estimate of drug-likeness (QED) is 0.487. The normalized spacial score (nSPS) is 18.9. The molecule has 1 N–H and O–H groups in total. The van der Waals surface area contributed by atoms with Gasteiger partial charge in [0, 0.05) is 38.4 Å². The van der Waals surface area contributed by atoms with E-state index in [1.165, 1.54) is 23.0 Å². The van der Waals surface area contributed by atoms with Gasteiger partial charge in [0.15, 0.2) is 0 Å². The Hall–Kier alpha value is -2.68. The second-order valence-corrected chi connectivity index (χ2v) is 9.65. The summed E-state index contributed by atoms with van der Waals surface area (Å²) in [7, 11) is 2.17. The van der Waals surface area contributed by atoms with Gasteiger partial charge in [-0.1, -0.05) is 42.2 Å². The Kier molecular flexibility index (Phi) is 5.52. The Morgan fingerprint density at radius 1 is 1.13 bits per heavy atom. The summed E-state index contributed by atoms with van der Waals surface area (Å²) in [6, 6.07) is 14.9. The van der Waals surface area contributed by atoms with Gasteiger partial charge in [0.2, 0.25) is 0 Å². The highest BCUT2D eigenvalue weighted by atomic mass is 32.2. The summed E-state index contributed by atoms with van der Waals surface area (Å²) in [5.74, 6) is -0.135. The van der Waals surface area contributed by atoms with Crippen LogP contribution in [0.5, 0.6) is 0 Å². The number of amides is 1. The molecule has 3 aromatic rings. The van der Waals surface area contributed by atoms with Crippen molar-refractivity contribution in [1.82, 2.24) is 19.8 Å². The SMILES string of the molecule is CN1CCN(c2ccc(Cn3cnc4ccc(/C=C5\SC(=S)NC5=O)cc43)cc2)CC1. The average molecular weight is 450 g/mol. The molecule has 0 radical (unpaired) electrons. The van der Waals surface area contributed by atoms with Crippen molar-refractivity contribution in [1.29, 1.82) is 0 Å². The van der Waals surface area contributed by atoms with E-state index in [9.17, 15) is 4.79 Å². The first-order valence-corrected chi connectivity index (χ1v) is 11.5. The molecule has 0 unspecified atom stereocenters. The number of likely N-dealkylation sites (N-methyl/N-ethyl adjacent to an activating group) is 1. The van der Waals surface area contributed by atoms with Crippen molar-refractivity contribution in [3.8, 4) is 0 Å². The van der Waals surface area contributed by atoms with Crippen LogP contribution >= 0.6 is 24.0 Å². The van der Waals surface area contributed by atoms with Crippen molar-refractivity contribution >= 4 is 57.0 Å². The fourth-order valence-corrected chi connectivity index (χ4v) is 4.98. The first kappa shape index (κ1) is 20.2. The summed E-state index contributed by atoms with van der Waals surface area (Å²) in [6.07, 6.45) is 3.75. The van der Waals surface area contributed by atoms with Gasteiger partial charge in [0.05, 0.1) is 22.3 Å². The van der Waals surface area contributed by atoms with Crippen molar-refractivity contribution in [2.75, 3.05) is 38.1 Å². The van der Waals surface area contributed by atoms with Crippen molar-refractivity contribution in [3.63, 3.8) is 0 Å². The number of thiocarbonyl (C=S) groups is 1. The number of aromatic nitrogens is 2. The van der Waals surface area contributed by atoms with Gasteiger partial charge in [-0.2, -0.15) is 0 Å². The summed E-state index contributed by atoms with van der Waals surface area (Å²) < 4.78 is 2.65. The lowest BCUT2D eigenvalue weighted by molar-refractivity contribution is -0.115. The minimum Gasteiger partial charge on any atom is -0.369 e. The number of fused-ring (bicyclic) bond motifs is 1. The molecule has 0 spiro atoms. The van der Waals surface area contributed by atoms with Crippen LogP contribution in [0.1, 0.15) is 11.1 Å². The van der Waals surface area contributed by atoms with Gasteiger partial charge in [-0.05, 0) is 48.5 Å². The minimum absolute atomic E-state index is 0.135. The number of carbonyl (C=O) groups is 1. The van der Waals surface area contributed by atoms with Crippen LogP contribution in [0, 0.1) is 0 Å². The minimum atomic E-state index is -0.135. The zero-order chi connectivity index (χ0) is 21.4. The van der Waals surface area contributed by atoms with Crippen LogP contribution in [0.25, 0.3) is 17.1 Å². The predicted octanol–water partition coefficient (Wildman–Crippen LogP) is 3.33. The van der Waals surface area contributed by atoms with Gasteiger partial charge in [0.1, 0.15) is 4.32 Å². The standard InChI is InChI=1S/C23H23N5OS2/c1-26-8-10-27(11-9-26)18-5-2-16(3-6-18)14-28-15-24-19-7-4-17(12-20(19)28)13-21-22(29)25-23(30)31-21/h2-7,12-13,15H,8-11,14H2,1H3,(H,25,29,30)/b21-13-. The molecule has 1 amide bonds. The molecular formula is C23H23N5OS2. The third-order valence-electron chi connectivity index (χ3n) is 5.74. The molecule has 0 bridgehead atoms. The van der Waals surface area contributed by atoms with Crippen LogP contribution in [-0.4, -0.2) is 57.9 Å². The number of imidazole rings is 1. The Morgan fingerprint density at radius 3 is 2.61 bits per heavy atom. The van der Waals surface area contributed by atoms with E-state index in [0.717, 1.165) is 49.3 Å². The second kappa shape index (κ2) is 8.45. The second-order valence-electron chi connectivity index (χ2n) is 7.93. The zero-order valence-electron chi connectivity index (χ0n) is 17.2. The van der Waals surface area contributed by atoms with E-state index in [2.05, 4.69) is 62.0 Å². The third kappa shape index (κ3) is 4.37. The highest BCUT2D eigenvalue weighted by molar-refractivity contribution is 8.26. The molecule has 2 saturated heterocycles. The number of hydrogen-bond donors (Lipinski definition) is 1. The lowest BCUT2D eigenvalue weighted by Gasteiger charge is -2.34. The number of carbonyl (C=O) groups excluding carboxylic acids is 1. The summed E-state index contributed by atoms with van der Waals surface area (Å²) in [5.41, 5.74) is 5.46. The van der Waals surface area contributed by atoms with Gasteiger partial charge in [-0.15, -0.1) is 0 Å². The van der Waals surface area contributed by atoms with Crippen LogP contribution in [0.3, 0.4) is 0 Å². The Labute approximate surface area is 190 Å². The third-order valence-corrected chi connectivity index (χ3v) is 6.91. The van der Waals surface area contributed by atoms with E-state index >= 15 is 0 Å². The molecule has 31 heavy (non-hydrogen) atoms. The van der Waals surface area contributed by atoms with E-state index < -0.39 is 0 Å².